The standard InChI is InChI=1S/C40H24N4O2/c1-3-12-25(13-4-1)28-16-7-8-18-30(28)38-42-37(27-22-23-35-32(24-27)29-17-9-10-21-34(29)45-35)43-39(44-38)31-19-11-20-33-36(31)46-40(41-33)26-14-5-2-6-15-26/h1-24H. The van der Waals surface area contributed by atoms with Crippen LogP contribution in [0.25, 0.3) is 89.8 Å². The maximum Gasteiger partial charge on any atom is 0.227 e. The van der Waals surface area contributed by atoms with Crippen LogP contribution in [0.5, 0.6) is 0 Å². The summed E-state index contributed by atoms with van der Waals surface area (Å²) in [7, 11) is 0. The lowest BCUT2D eigenvalue weighted by atomic mass is 9.99. The van der Waals surface area contributed by atoms with Crippen LogP contribution in [0.1, 0.15) is 0 Å². The van der Waals surface area contributed by atoms with Crippen LogP contribution >= 0.6 is 0 Å². The van der Waals surface area contributed by atoms with Gasteiger partial charge in [-0.3, -0.25) is 0 Å². The maximum atomic E-state index is 6.40. The Hall–Kier alpha value is -6.40. The van der Waals surface area contributed by atoms with Crippen LogP contribution < -0.4 is 0 Å². The van der Waals surface area contributed by atoms with Gasteiger partial charge in [-0.1, -0.05) is 97.1 Å². The number of hydrogen-bond acceptors (Lipinski definition) is 6. The molecule has 0 fully saturated rings. The van der Waals surface area contributed by atoms with Crippen molar-refractivity contribution in [2.45, 2.75) is 0 Å². The minimum absolute atomic E-state index is 0.501. The average molecular weight is 593 g/mol. The van der Waals surface area contributed by atoms with Gasteiger partial charge in [0.2, 0.25) is 5.89 Å². The van der Waals surface area contributed by atoms with Crippen LogP contribution in [0, 0.1) is 0 Å². The predicted octanol–water partition coefficient (Wildman–Crippen LogP) is 10.2. The molecular formula is C40H24N4O2. The highest BCUT2D eigenvalue weighted by molar-refractivity contribution is 6.06. The fourth-order valence-electron chi connectivity index (χ4n) is 5.99. The van der Waals surface area contributed by atoms with Crippen LogP contribution in [0.4, 0.5) is 0 Å². The number of benzene rings is 6. The molecular weight excluding hydrogens is 568 g/mol. The summed E-state index contributed by atoms with van der Waals surface area (Å²) in [6, 6.07) is 48.4. The lowest BCUT2D eigenvalue weighted by molar-refractivity contribution is 0.620. The van der Waals surface area contributed by atoms with Crippen molar-refractivity contribution in [1.29, 1.82) is 0 Å². The Morgan fingerprint density at radius 2 is 1.00 bits per heavy atom. The molecule has 3 heterocycles. The Morgan fingerprint density at radius 3 is 1.83 bits per heavy atom. The molecule has 9 aromatic rings. The average Bonchev–Trinajstić information content (AvgIpc) is 3.74. The molecule has 9 rings (SSSR count). The van der Waals surface area contributed by atoms with Crippen molar-refractivity contribution in [3.63, 3.8) is 0 Å². The van der Waals surface area contributed by atoms with Crippen molar-refractivity contribution >= 4 is 33.0 Å². The molecule has 3 aromatic heterocycles. The molecule has 0 aliphatic rings. The molecule has 0 saturated carbocycles. The van der Waals surface area contributed by atoms with Gasteiger partial charge in [0.1, 0.15) is 16.7 Å². The molecule has 0 N–H and O–H groups in total. The van der Waals surface area contributed by atoms with Gasteiger partial charge in [0.25, 0.3) is 0 Å². The van der Waals surface area contributed by atoms with Gasteiger partial charge in [-0.2, -0.15) is 0 Å². The van der Waals surface area contributed by atoms with Gasteiger partial charge >= 0.3 is 0 Å². The highest BCUT2D eigenvalue weighted by atomic mass is 16.3. The van der Waals surface area contributed by atoms with Crippen LogP contribution in [-0.4, -0.2) is 19.9 Å². The van der Waals surface area contributed by atoms with Crippen LogP contribution in [-0.2, 0) is 0 Å². The first-order chi connectivity index (χ1) is 22.8. The number of nitrogens with zero attached hydrogens (tertiary/aromatic N) is 4. The number of para-hydroxylation sites is 2. The van der Waals surface area contributed by atoms with Crippen molar-refractivity contribution in [2.24, 2.45) is 0 Å². The van der Waals surface area contributed by atoms with Gasteiger partial charge in [0, 0.05) is 27.5 Å². The van der Waals surface area contributed by atoms with Crippen molar-refractivity contribution in [2.75, 3.05) is 0 Å². The third kappa shape index (κ3) is 4.43. The van der Waals surface area contributed by atoms with Crippen LogP contribution in [0.15, 0.2) is 154 Å². The SMILES string of the molecule is c1ccc(-c2nc3cccc(-c4nc(-c5ccc6oc7ccccc7c6c5)nc(-c5ccccc5-c5ccccc5)n4)c3o2)cc1. The van der Waals surface area contributed by atoms with Crippen LogP contribution in [0.2, 0.25) is 0 Å². The summed E-state index contributed by atoms with van der Waals surface area (Å²) >= 11 is 0. The maximum absolute atomic E-state index is 6.40. The molecule has 216 valence electrons. The molecule has 46 heavy (non-hydrogen) atoms. The summed E-state index contributed by atoms with van der Waals surface area (Å²) in [6.07, 6.45) is 0. The first-order valence-corrected chi connectivity index (χ1v) is 15.1. The number of furan rings is 1. The predicted molar refractivity (Wildman–Crippen MR) is 182 cm³/mol. The Morgan fingerprint density at radius 1 is 0.370 bits per heavy atom. The molecule has 6 nitrogen and oxygen atoms in total. The molecule has 0 aliphatic carbocycles. The molecule has 0 radical (unpaired) electrons. The minimum atomic E-state index is 0.501. The highest BCUT2D eigenvalue weighted by Gasteiger charge is 2.20. The second kappa shape index (κ2) is 10.6. The Balaban J connectivity index is 1.28. The summed E-state index contributed by atoms with van der Waals surface area (Å²) in [6.45, 7) is 0. The molecule has 0 bridgehead atoms. The zero-order chi connectivity index (χ0) is 30.5. The molecule has 0 unspecified atom stereocenters. The smallest absolute Gasteiger partial charge is 0.227 e. The molecule has 0 spiro atoms. The van der Waals surface area contributed by atoms with E-state index in [1.807, 2.05) is 109 Å². The van der Waals surface area contributed by atoms with E-state index in [1.165, 1.54) is 0 Å². The molecule has 0 atom stereocenters. The third-order valence-corrected chi connectivity index (χ3v) is 8.20. The van der Waals surface area contributed by atoms with E-state index < -0.39 is 0 Å². The quantitative estimate of drug-likeness (QED) is 0.198. The topological polar surface area (TPSA) is 77.8 Å². The number of fused-ring (bicyclic) bond motifs is 4. The summed E-state index contributed by atoms with van der Waals surface area (Å²) in [5.74, 6) is 2.16. The zero-order valence-corrected chi connectivity index (χ0v) is 24.5. The lowest BCUT2D eigenvalue weighted by Gasteiger charge is -2.12. The van der Waals surface area contributed by atoms with Crippen molar-refractivity contribution < 1.29 is 8.83 Å². The molecule has 6 heteroatoms. The van der Waals surface area contributed by atoms with Gasteiger partial charge in [0.15, 0.2) is 23.1 Å². The molecule has 6 aromatic carbocycles. The Labute approximate surface area is 263 Å². The minimum Gasteiger partial charge on any atom is -0.456 e. The van der Waals surface area contributed by atoms with E-state index in [-0.39, 0.29) is 0 Å². The highest BCUT2D eigenvalue weighted by Crippen LogP contribution is 2.36. The lowest BCUT2D eigenvalue weighted by Crippen LogP contribution is -2.01. The van der Waals surface area contributed by atoms with E-state index in [2.05, 4.69) is 36.4 Å². The Kier molecular flexibility index (Phi) is 6.03. The van der Waals surface area contributed by atoms with E-state index in [0.29, 0.717) is 28.9 Å². The summed E-state index contributed by atoms with van der Waals surface area (Å²) in [5.41, 5.74) is 8.53. The van der Waals surface area contributed by atoms with E-state index in [1.54, 1.807) is 0 Å². The van der Waals surface area contributed by atoms with Crippen molar-refractivity contribution in [3.8, 4) is 56.7 Å². The third-order valence-electron chi connectivity index (χ3n) is 8.20. The van der Waals surface area contributed by atoms with Gasteiger partial charge in [-0.15, -0.1) is 0 Å². The van der Waals surface area contributed by atoms with E-state index in [0.717, 1.165) is 60.8 Å². The van der Waals surface area contributed by atoms with Gasteiger partial charge in [0.05, 0.1) is 5.56 Å². The van der Waals surface area contributed by atoms with Crippen molar-refractivity contribution in [1.82, 2.24) is 19.9 Å². The van der Waals surface area contributed by atoms with E-state index in [9.17, 15) is 0 Å². The van der Waals surface area contributed by atoms with Gasteiger partial charge < -0.3 is 8.83 Å². The number of aromatic nitrogens is 4. The normalized spacial score (nSPS) is 11.5. The summed E-state index contributed by atoms with van der Waals surface area (Å²) < 4.78 is 12.5. The zero-order valence-electron chi connectivity index (χ0n) is 24.5. The Bertz CT molecular complexity index is 2540. The first-order valence-electron chi connectivity index (χ1n) is 15.1. The summed E-state index contributed by atoms with van der Waals surface area (Å²) in [4.78, 5) is 20.0. The fraction of sp³-hybridized carbons (Fsp3) is 0. The number of hydrogen-bond donors (Lipinski definition) is 0. The van der Waals surface area contributed by atoms with Crippen molar-refractivity contribution in [3.05, 3.63) is 146 Å². The molecule has 0 amide bonds. The van der Waals surface area contributed by atoms with E-state index >= 15 is 0 Å². The number of rotatable bonds is 5. The summed E-state index contributed by atoms with van der Waals surface area (Å²) in [5, 5.41) is 2.05. The fourth-order valence-corrected chi connectivity index (χ4v) is 5.99. The van der Waals surface area contributed by atoms with Gasteiger partial charge in [-0.05, 0) is 59.7 Å². The second-order valence-electron chi connectivity index (χ2n) is 11.1. The monoisotopic (exact) mass is 592 g/mol. The second-order valence-corrected chi connectivity index (χ2v) is 11.1. The molecule has 0 saturated heterocycles. The number of oxazole rings is 1. The first kappa shape index (κ1) is 26.0. The molecule has 0 aliphatic heterocycles. The van der Waals surface area contributed by atoms with Gasteiger partial charge in [-0.25, -0.2) is 19.9 Å². The van der Waals surface area contributed by atoms with E-state index in [4.69, 9.17) is 28.8 Å². The van der Waals surface area contributed by atoms with Crippen LogP contribution in [0.3, 0.4) is 0 Å². The largest absolute Gasteiger partial charge is 0.456 e.